The van der Waals surface area contributed by atoms with E-state index in [0.29, 0.717) is 6.54 Å². The molecule has 0 amide bonds. The molecule has 0 fully saturated rings. The van der Waals surface area contributed by atoms with Gasteiger partial charge in [-0.15, -0.1) is 0 Å². The number of allylic oxidation sites excluding steroid dienone is 1. The lowest BCUT2D eigenvalue weighted by Gasteiger charge is -2.29. The Morgan fingerprint density at radius 1 is 1.27 bits per heavy atom. The molecule has 140 valence electrons. The van der Waals surface area contributed by atoms with E-state index in [0.717, 1.165) is 24.6 Å². The van der Waals surface area contributed by atoms with Crippen molar-refractivity contribution in [3.8, 4) is 0 Å². The Labute approximate surface area is 151 Å². The maximum Gasteiger partial charge on any atom is 0.416 e. The Kier molecular flexibility index (Phi) is 5.51. The van der Waals surface area contributed by atoms with Crippen molar-refractivity contribution in [2.45, 2.75) is 45.5 Å². The summed E-state index contributed by atoms with van der Waals surface area (Å²) in [5, 5.41) is 7.65. The lowest BCUT2D eigenvalue weighted by Crippen LogP contribution is -2.31. The molecule has 1 unspecified atom stereocenters. The quantitative estimate of drug-likeness (QED) is 0.748. The molecule has 0 saturated carbocycles. The molecule has 1 aliphatic carbocycles. The van der Waals surface area contributed by atoms with Gasteiger partial charge in [0.25, 0.3) is 0 Å². The highest BCUT2D eigenvalue weighted by atomic mass is 19.4. The van der Waals surface area contributed by atoms with Gasteiger partial charge in [-0.3, -0.25) is 4.68 Å². The molecule has 3 nitrogen and oxygen atoms in total. The molecule has 1 atom stereocenters. The molecule has 2 aromatic rings. The van der Waals surface area contributed by atoms with Crippen LogP contribution in [0.4, 0.5) is 13.2 Å². The Balaban J connectivity index is 1.59. The van der Waals surface area contributed by atoms with E-state index < -0.39 is 11.7 Å². The highest BCUT2D eigenvalue weighted by Gasteiger charge is 2.32. The standard InChI is InChI=1S/C20H24F3N3/c1-19(9-5-2-6-10-19)15-24-11-16-12-25-26(13-16)14-17-7-3-4-8-18(17)20(21,22)23/h3-5,7-9,12-13,24H,2,6,10-11,14-15H2,1H3. The van der Waals surface area contributed by atoms with Gasteiger partial charge >= 0.3 is 6.18 Å². The summed E-state index contributed by atoms with van der Waals surface area (Å²) in [6.45, 7) is 3.89. The number of benzene rings is 1. The topological polar surface area (TPSA) is 29.9 Å². The van der Waals surface area contributed by atoms with Crippen molar-refractivity contribution in [3.05, 3.63) is 65.5 Å². The van der Waals surface area contributed by atoms with Gasteiger partial charge in [0, 0.05) is 24.8 Å². The van der Waals surface area contributed by atoms with Crippen LogP contribution in [0.25, 0.3) is 0 Å². The summed E-state index contributed by atoms with van der Waals surface area (Å²) in [5.74, 6) is 0. The fourth-order valence-corrected chi connectivity index (χ4v) is 3.41. The molecule has 0 bridgehead atoms. The third kappa shape index (κ3) is 4.75. The zero-order valence-electron chi connectivity index (χ0n) is 14.9. The first-order valence-corrected chi connectivity index (χ1v) is 8.91. The van der Waals surface area contributed by atoms with Gasteiger partial charge in [-0.2, -0.15) is 18.3 Å². The summed E-state index contributed by atoms with van der Waals surface area (Å²) >= 11 is 0. The van der Waals surface area contributed by atoms with Gasteiger partial charge in [0.2, 0.25) is 0 Å². The molecule has 1 aromatic carbocycles. The summed E-state index contributed by atoms with van der Waals surface area (Å²) in [6.07, 6.45) is 7.22. The minimum absolute atomic E-state index is 0.107. The first kappa shape index (κ1) is 18.7. The maximum absolute atomic E-state index is 13.1. The van der Waals surface area contributed by atoms with Crippen molar-refractivity contribution < 1.29 is 13.2 Å². The van der Waals surface area contributed by atoms with Crippen LogP contribution in [-0.4, -0.2) is 16.3 Å². The van der Waals surface area contributed by atoms with Gasteiger partial charge in [0.15, 0.2) is 0 Å². The number of hydrogen-bond donors (Lipinski definition) is 1. The van der Waals surface area contributed by atoms with Crippen molar-refractivity contribution in [2.24, 2.45) is 5.41 Å². The van der Waals surface area contributed by atoms with E-state index in [9.17, 15) is 13.2 Å². The van der Waals surface area contributed by atoms with Crippen LogP contribution in [0.5, 0.6) is 0 Å². The molecule has 26 heavy (non-hydrogen) atoms. The predicted molar refractivity (Wildman–Crippen MR) is 95.6 cm³/mol. The second kappa shape index (κ2) is 7.66. The van der Waals surface area contributed by atoms with Crippen LogP contribution in [0.3, 0.4) is 0 Å². The second-order valence-electron chi connectivity index (χ2n) is 7.25. The molecule has 0 saturated heterocycles. The van der Waals surface area contributed by atoms with Crippen LogP contribution in [-0.2, 0) is 19.3 Å². The van der Waals surface area contributed by atoms with Crippen molar-refractivity contribution >= 4 is 0 Å². The highest BCUT2D eigenvalue weighted by Crippen LogP contribution is 2.32. The lowest BCUT2D eigenvalue weighted by atomic mass is 9.81. The Morgan fingerprint density at radius 2 is 2.08 bits per heavy atom. The number of alkyl halides is 3. The highest BCUT2D eigenvalue weighted by molar-refractivity contribution is 5.29. The maximum atomic E-state index is 13.1. The SMILES string of the molecule is CC1(CNCc2cnn(Cc3ccccc3C(F)(F)F)c2)C=CCCC1. The van der Waals surface area contributed by atoms with E-state index in [1.165, 1.54) is 25.0 Å². The molecule has 1 N–H and O–H groups in total. The zero-order chi connectivity index (χ0) is 18.6. The number of halogens is 3. The Bertz CT molecular complexity index is 764. The normalized spacial score (nSPS) is 20.5. The van der Waals surface area contributed by atoms with E-state index >= 15 is 0 Å². The predicted octanol–water partition coefficient (Wildman–Crippen LogP) is 4.79. The van der Waals surface area contributed by atoms with E-state index in [1.807, 2.05) is 0 Å². The largest absolute Gasteiger partial charge is 0.416 e. The van der Waals surface area contributed by atoms with Crippen molar-refractivity contribution in [2.75, 3.05) is 6.54 Å². The van der Waals surface area contributed by atoms with Crippen LogP contribution in [0.1, 0.15) is 42.9 Å². The number of rotatable bonds is 6. The average Bonchev–Trinajstić information content (AvgIpc) is 3.02. The molecule has 1 aliphatic rings. The molecule has 0 spiro atoms. The first-order chi connectivity index (χ1) is 12.4. The fourth-order valence-electron chi connectivity index (χ4n) is 3.41. The summed E-state index contributed by atoms with van der Waals surface area (Å²) < 4.78 is 40.8. The zero-order valence-corrected chi connectivity index (χ0v) is 14.9. The number of nitrogens with one attached hydrogen (secondary N) is 1. The number of hydrogen-bond acceptors (Lipinski definition) is 2. The minimum atomic E-state index is -4.35. The van der Waals surface area contributed by atoms with Crippen LogP contribution >= 0.6 is 0 Å². The summed E-state index contributed by atoms with van der Waals surface area (Å²) in [4.78, 5) is 0. The van der Waals surface area contributed by atoms with E-state index in [4.69, 9.17) is 0 Å². The van der Waals surface area contributed by atoms with Gasteiger partial charge in [0.1, 0.15) is 0 Å². The summed E-state index contributed by atoms with van der Waals surface area (Å²) in [5.41, 5.74) is 0.771. The molecule has 1 heterocycles. The molecular formula is C20H24F3N3. The van der Waals surface area contributed by atoms with Crippen molar-refractivity contribution in [1.82, 2.24) is 15.1 Å². The minimum Gasteiger partial charge on any atom is -0.312 e. The monoisotopic (exact) mass is 363 g/mol. The molecule has 1 aromatic heterocycles. The van der Waals surface area contributed by atoms with Crippen LogP contribution in [0.2, 0.25) is 0 Å². The van der Waals surface area contributed by atoms with Gasteiger partial charge in [-0.1, -0.05) is 37.3 Å². The smallest absolute Gasteiger partial charge is 0.312 e. The van der Waals surface area contributed by atoms with Gasteiger partial charge in [-0.25, -0.2) is 0 Å². The average molecular weight is 363 g/mol. The number of aromatic nitrogens is 2. The molecule has 6 heteroatoms. The van der Waals surface area contributed by atoms with E-state index in [1.54, 1.807) is 23.1 Å². The van der Waals surface area contributed by atoms with Gasteiger partial charge < -0.3 is 5.32 Å². The number of nitrogens with zero attached hydrogens (tertiary/aromatic N) is 2. The second-order valence-corrected chi connectivity index (χ2v) is 7.25. The van der Waals surface area contributed by atoms with E-state index in [-0.39, 0.29) is 17.5 Å². The molecular weight excluding hydrogens is 339 g/mol. The summed E-state index contributed by atoms with van der Waals surface area (Å²) in [7, 11) is 0. The van der Waals surface area contributed by atoms with Crippen LogP contribution in [0, 0.1) is 5.41 Å². The molecule has 0 aliphatic heterocycles. The van der Waals surface area contributed by atoms with Crippen LogP contribution < -0.4 is 5.32 Å². The van der Waals surface area contributed by atoms with Crippen molar-refractivity contribution in [3.63, 3.8) is 0 Å². The van der Waals surface area contributed by atoms with Gasteiger partial charge in [0.05, 0.1) is 18.3 Å². The molecule has 3 rings (SSSR count). The van der Waals surface area contributed by atoms with Crippen LogP contribution in [0.15, 0.2) is 48.8 Å². The third-order valence-corrected chi connectivity index (χ3v) is 4.84. The van der Waals surface area contributed by atoms with Crippen molar-refractivity contribution in [1.29, 1.82) is 0 Å². The third-order valence-electron chi connectivity index (χ3n) is 4.84. The molecule has 0 radical (unpaired) electrons. The van der Waals surface area contributed by atoms with Gasteiger partial charge in [-0.05, 0) is 36.3 Å². The lowest BCUT2D eigenvalue weighted by molar-refractivity contribution is -0.138. The first-order valence-electron chi connectivity index (χ1n) is 8.91. The summed E-state index contributed by atoms with van der Waals surface area (Å²) in [6, 6.07) is 5.64. The Morgan fingerprint density at radius 3 is 2.81 bits per heavy atom. The van der Waals surface area contributed by atoms with E-state index in [2.05, 4.69) is 29.5 Å². The fraction of sp³-hybridized carbons (Fsp3) is 0.450. The Hall–Kier alpha value is -2.08.